The van der Waals surface area contributed by atoms with E-state index in [0.717, 1.165) is 56.1 Å². The molecule has 8 nitrogen and oxygen atoms in total. The van der Waals surface area contributed by atoms with Gasteiger partial charge in [-0.25, -0.2) is 4.98 Å². The molecule has 2 heterocycles. The van der Waals surface area contributed by atoms with Crippen LogP contribution >= 0.6 is 0 Å². The van der Waals surface area contributed by atoms with E-state index >= 15 is 0 Å². The molecule has 27 heavy (non-hydrogen) atoms. The molecular weight excluding hydrogens is 346 g/mol. The summed E-state index contributed by atoms with van der Waals surface area (Å²) < 4.78 is 16.3. The third-order valence-electron chi connectivity index (χ3n) is 4.93. The molecule has 1 aliphatic heterocycles. The Labute approximate surface area is 159 Å². The van der Waals surface area contributed by atoms with E-state index in [1.165, 1.54) is 12.8 Å². The van der Waals surface area contributed by atoms with E-state index in [9.17, 15) is 0 Å². The molecule has 4 rings (SSSR count). The molecule has 1 aromatic carbocycles. The van der Waals surface area contributed by atoms with Crippen LogP contribution in [0.25, 0.3) is 10.9 Å². The van der Waals surface area contributed by atoms with Gasteiger partial charge in [0.05, 0.1) is 33.0 Å². The second-order valence-corrected chi connectivity index (χ2v) is 6.92. The quantitative estimate of drug-likeness (QED) is 0.727. The molecule has 0 amide bonds. The molecule has 2 aliphatic rings. The molecule has 2 fully saturated rings. The minimum atomic E-state index is 0.498. The fraction of sp³-hybridized carbons (Fsp3) is 0.579. The van der Waals surface area contributed by atoms with Crippen molar-refractivity contribution < 1.29 is 14.2 Å². The Morgan fingerprint density at radius 3 is 2.56 bits per heavy atom. The molecule has 0 radical (unpaired) electrons. The van der Waals surface area contributed by atoms with Crippen LogP contribution in [0.3, 0.4) is 0 Å². The van der Waals surface area contributed by atoms with Gasteiger partial charge in [0, 0.05) is 43.7 Å². The van der Waals surface area contributed by atoms with Crippen LogP contribution in [0.2, 0.25) is 0 Å². The first-order valence-electron chi connectivity index (χ1n) is 9.51. The number of anilines is 2. The van der Waals surface area contributed by atoms with Gasteiger partial charge in [0.15, 0.2) is 11.5 Å². The van der Waals surface area contributed by atoms with Crippen molar-refractivity contribution in [3.05, 3.63) is 12.1 Å². The number of aromatic nitrogens is 2. The molecular formula is C19H27N5O3. The van der Waals surface area contributed by atoms with Gasteiger partial charge in [-0.1, -0.05) is 0 Å². The van der Waals surface area contributed by atoms with Gasteiger partial charge in [-0.15, -0.1) is 0 Å². The van der Waals surface area contributed by atoms with Gasteiger partial charge in [0.1, 0.15) is 5.82 Å². The van der Waals surface area contributed by atoms with Crippen molar-refractivity contribution in [1.82, 2.24) is 14.9 Å². The van der Waals surface area contributed by atoms with Gasteiger partial charge in [-0.2, -0.15) is 4.98 Å². The van der Waals surface area contributed by atoms with Crippen LogP contribution in [0.4, 0.5) is 11.8 Å². The summed E-state index contributed by atoms with van der Waals surface area (Å²) in [6, 6.07) is 4.34. The first-order chi connectivity index (χ1) is 13.3. The predicted molar refractivity (Wildman–Crippen MR) is 105 cm³/mol. The SMILES string of the molecule is COc1cc2nc(NCCN3CCOCC3)nc(NC3CC3)c2cc1OC. The number of morpholine rings is 1. The lowest BCUT2D eigenvalue weighted by Gasteiger charge is -2.26. The van der Waals surface area contributed by atoms with Gasteiger partial charge < -0.3 is 24.8 Å². The minimum Gasteiger partial charge on any atom is -0.493 e. The van der Waals surface area contributed by atoms with Crippen molar-refractivity contribution in [2.24, 2.45) is 0 Å². The first kappa shape index (κ1) is 18.1. The van der Waals surface area contributed by atoms with Crippen molar-refractivity contribution in [2.45, 2.75) is 18.9 Å². The Hall–Kier alpha value is -2.32. The number of benzene rings is 1. The van der Waals surface area contributed by atoms with Gasteiger partial charge in [-0.3, -0.25) is 4.90 Å². The zero-order chi connectivity index (χ0) is 18.6. The molecule has 2 N–H and O–H groups in total. The summed E-state index contributed by atoms with van der Waals surface area (Å²) in [7, 11) is 3.27. The fourth-order valence-electron chi connectivity index (χ4n) is 3.22. The summed E-state index contributed by atoms with van der Waals surface area (Å²) in [5.41, 5.74) is 0.833. The molecule has 0 bridgehead atoms. The average molecular weight is 373 g/mol. The van der Waals surface area contributed by atoms with Crippen LogP contribution in [0, 0.1) is 0 Å². The van der Waals surface area contributed by atoms with Gasteiger partial charge in [-0.05, 0) is 18.9 Å². The van der Waals surface area contributed by atoms with Gasteiger partial charge in [0.2, 0.25) is 5.95 Å². The second kappa shape index (κ2) is 8.14. The lowest BCUT2D eigenvalue weighted by molar-refractivity contribution is 0.0398. The molecule has 1 aromatic heterocycles. The molecule has 1 saturated heterocycles. The van der Waals surface area contributed by atoms with Crippen molar-refractivity contribution in [1.29, 1.82) is 0 Å². The molecule has 1 saturated carbocycles. The number of hydrogen-bond donors (Lipinski definition) is 2. The van der Waals surface area contributed by atoms with Crippen molar-refractivity contribution in [3.8, 4) is 11.5 Å². The summed E-state index contributed by atoms with van der Waals surface area (Å²) in [6.45, 7) is 5.31. The summed E-state index contributed by atoms with van der Waals surface area (Å²) in [5.74, 6) is 2.82. The highest BCUT2D eigenvalue weighted by Crippen LogP contribution is 2.36. The Bertz CT molecular complexity index is 790. The number of nitrogens with zero attached hydrogens (tertiary/aromatic N) is 3. The lowest BCUT2D eigenvalue weighted by atomic mass is 10.2. The number of ether oxygens (including phenoxy) is 3. The van der Waals surface area contributed by atoms with Crippen LogP contribution in [-0.2, 0) is 4.74 Å². The highest BCUT2D eigenvalue weighted by Gasteiger charge is 2.23. The van der Waals surface area contributed by atoms with Crippen LogP contribution in [0.1, 0.15) is 12.8 Å². The summed E-state index contributed by atoms with van der Waals surface area (Å²) >= 11 is 0. The van der Waals surface area contributed by atoms with E-state index in [0.29, 0.717) is 23.5 Å². The summed E-state index contributed by atoms with van der Waals surface area (Å²) in [6.07, 6.45) is 2.36. The zero-order valence-electron chi connectivity index (χ0n) is 16.0. The third-order valence-corrected chi connectivity index (χ3v) is 4.93. The smallest absolute Gasteiger partial charge is 0.225 e. The number of rotatable bonds is 8. The Morgan fingerprint density at radius 2 is 1.85 bits per heavy atom. The fourth-order valence-corrected chi connectivity index (χ4v) is 3.22. The van der Waals surface area contributed by atoms with E-state index in [-0.39, 0.29) is 0 Å². The Kier molecular flexibility index (Phi) is 5.45. The zero-order valence-corrected chi connectivity index (χ0v) is 16.0. The molecule has 0 atom stereocenters. The standard InChI is InChI=1S/C19H27N5O3/c1-25-16-11-14-15(12-17(16)26-2)22-19(23-18(14)21-13-3-4-13)20-5-6-24-7-9-27-10-8-24/h11-13H,3-10H2,1-2H3,(H2,20,21,22,23). The van der Waals surface area contributed by atoms with E-state index < -0.39 is 0 Å². The largest absolute Gasteiger partial charge is 0.493 e. The molecule has 8 heteroatoms. The number of hydrogen-bond acceptors (Lipinski definition) is 8. The maximum atomic E-state index is 5.44. The van der Waals surface area contributed by atoms with Crippen LogP contribution < -0.4 is 20.1 Å². The number of methoxy groups -OCH3 is 2. The normalized spacial score (nSPS) is 17.7. The maximum absolute atomic E-state index is 5.44. The van der Waals surface area contributed by atoms with Crippen molar-refractivity contribution in [3.63, 3.8) is 0 Å². The Morgan fingerprint density at radius 1 is 1.11 bits per heavy atom. The summed E-state index contributed by atoms with van der Waals surface area (Å²) in [4.78, 5) is 11.8. The average Bonchev–Trinajstić information content (AvgIpc) is 3.52. The minimum absolute atomic E-state index is 0.498. The predicted octanol–water partition coefficient (Wildman–Crippen LogP) is 1.97. The van der Waals surface area contributed by atoms with E-state index in [1.54, 1.807) is 14.2 Å². The topological polar surface area (TPSA) is 80.8 Å². The second-order valence-electron chi connectivity index (χ2n) is 6.92. The summed E-state index contributed by atoms with van der Waals surface area (Å²) in [5, 5.41) is 7.82. The van der Waals surface area contributed by atoms with Gasteiger partial charge >= 0.3 is 0 Å². The van der Waals surface area contributed by atoms with Crippen LogP contribution in [0.15, 0.2) is 12.1 Å². The number of fused-ring (bicyclic) bond motifs is 1. The van der Waals surface area contributed by atoms with E-state index in [2.05, 4.69) is 20.5 Å². The Balaban J connectivity index is 1.56. The molecule has 2 aromatic rings. The van der Waals surface area contributed by atoms with Crippen molar-refractivity contribution in [2.75, 3.05) is 64.2 Å². The highest BCUT2D eigenvalue weighted by molar-refractivity contribution is 5.93. The number of nitrogens with one attached hydrogen (secondary N) is 2. The molecule has 0 spiro atoms. The molecule has 0 unspecified atom stereocenters. The monoisotopic (exact) mass is 373 g/mol. The van der Waals surface area contributed by atoms with E-state index in [1.807, 2.05) is 12.1 Å². The molecule has 1 aliphatic carbocycles. The molecule has 146 valence electrons. The lowest BCUT2D eigenvalue weighted by Crippen LogP contribution is -2.39. The highest BCUT2D eigenvalue weighted by atomic mass is 16.5. The first-order valence-corrected chi connectivity index (χ1v) is 9.51. The van der Waals surface area contributed by atoms with Crippen LogP contribution in [-0.4, -0.2) is 74.5 Å². The van der Waals surface area contributed by atoms with Crippen molar-refractivity contribution >= 4 is 22.7 Å². The van der Waals surface area contributed by atoms with Gasteiger partial charge in [0.25, 0.3) is 0 Å². The van der Waals surface area contributed by atoms with E-state index in [4.69, 9.17) is 19.2 Å². The van der Waals surface area contributed by atoms with Crippen LogP contribution in [0.5, 0.6) is 11.5 Å². The maximum Gasteiger partial charge on any atom is 0.225 e. The third kappa shape index (κ3) is 4.33.